The van der Waals surface area contributed by atoms with E-state index in [0.717, 1.165) is 43.9 Å². The summed E-state index contributed by atoms with van der Waals surface area (Å²) in [5, 5.41) is 8.56. The number of hydrogen-bond donors (Lipinski definition) is 0. The molecule has 0 saturated heterocycles. The SMILES string of the molecule is c1ccc2cc(-c3ccc4sc5c(-c6ccc7ccccc7c6)nc(-c6ccc(-n7c8ccccc8c8ccccc87)cc6)nc5c4c3)ccc2c1. The number of hydrogen-bond acceptors (Lipinski definition) is 3. The number of thiophene rings is 1. The van der Waals surface area contributed by atoms with E-state index in [1.165, 1.54) is 59.2 Å². The summed E-state index contributed by atoms with van der Waals surface area (Å²) in [6, 6.07) is 63.2. The van der Waals surface area contributed by atoms with Gasteiger partial charge >= 0.3 is 0 Å². The van der Waals surface area contributed by atoms with E-state index in [-0.39, 0.29) is 0 Å². The van der Waals surface area contributed by atoms with Crippen molar-refractivity contribution in [2.24, 2.45) is 0 Å². The maximum absolute atomic E-state index is 5.35. The van der Waals surface area contributed by atoms with E-state index in [0.29, 0.717) is 0 Å². The van der Waals surface area contributed by atoms with Crippen LogP contribution in [0.5, 0.6) is 0 Å². The first-order chi connectivity index (χ1) is 25.7. The van der Waals surface area contributed by atoms with Gasteiger partial charge in [0.15, 0.2) is 5.82 Å². The van der Waals surface area contributed by atoms with Gasteiger partial charge in [-0.25, -0.2) is 9.97 Å². The molecule has 4 heteroatoms. The molecule has 3 aromatic heterocycles. The fourth-order valence-electron chi connectivity index (χ4n) is 7.81. The third kappa shape index (κ3) is 4.58. The summed E-state index contributed by atoms with van der Waals surface area (Å²) in [6.45, 7) is 0. The predicted octanol–water partition coefficient (Wildman–Crippen LogP) is 13.2. The third-order valence-corrected chi connectivity index (χ3v) is 11.5. The molecule has 0 N–H and O–H groups in total. The summed E-state index contributed by atoms with van der Waals surface area (Å²) in [6.07, 6.45) is 0. The van der Waals surface area contributed by atoms with E-state index in [9.17, 15) is 0 Å². The number of rotatable bonds is 4. The Morgan fingerprint density at radius 3 is 1.63 bits per heavy atom. The van der Waals surface area contributed by atoms with Gasteiger partial charge in [0, 0.05) is 37.7 Å². The number of benzene rings is 8. The molecule has 0 amide bonds. The van der Waals surface area contributed by atoms with Crippen LogP contribution in [0.4, 0.5) is 0 Å². The highest BCUT2D eigenvalue weighted by Gasteiger charge is 2.18. The normalized spacial score (nSPS) is 11.8. The van der Waals surface area contributed by atoms with Crippen molar-refractivity contribution in [2.45, 2.75) is 0 Å². The van der Waals surface area contributed by atoms with Crippen molar-refractivity contribution in [3.63, 3.8) is 0 Å². The summed E-state index contributed by atoms with van der Waals surface area (Å²) in [4.78, 5) is 10.7. The third-order valence-electron chi connectivity index (χ3n) is 10.4. The second-order valence-corrected chi connectivity index (χ2v) is 14.5. The number of aromatic nitrogens is 3. The molecule has 0 saturated carbocycles. The molecule has 0 aliphatic rings. The number of para-hydroxylation sites is 2. The van der Waals surface area contributed by atoms with E-state index in [1.54, 1.807) is 11.3 Å². The van der Waals surface area contributed by atoms with Crippen LogP contribution in [0.25, 0.3) is 103 Å². The molecule has 0 aliphatic carbocycles. The Labute approximate surface area is 303 Å². The lowest BCUT2D eigenvalue weighted by molar-refractivity contribution is 1.17. The molecular formula is C48H29N3S. The summed E-state index contributed by atoms with van der Waals surface area (Å²) in [7, 11) is 0. The fraction of sp³-hybridized carbons (Fsp3) is 0. The highest BCUT2D eigenvalue weighted by molar-refractivity contribution is 7.26. The summed E-state index contributed by atoms with van der Waals surface area (Å²) < 4.78 is 4.65. The van der Waals surface area contributed by atoms with Crippen LogP contribution in [-0.4, -0.2) is 14.5 Å². The highest BCUT2D eigenvalue weighted by Crippen LogP contribution is 2.42. The first-order valence-electron chi connectivity index (χ1n) is 17.6. The van der Waals surface area contributed by atoms with Crippen LogP contribution < -0.4 is 0 Å². The van der Waals surface area contributed by atoms with Gasteiger partial charge in [0.1, 0.15) is 0 Å². The molecule has 0 unspecified atom stereocenters. The molecule has 0 aliphatic heterocycles. The molecule has 242 valence electrons. The number of fused-ring (bicyclic) bond motifs is 8. The molecule has 8 aromatic carbocycles. The second-order valence-electron chi connectivity index (χ2n) is 13.4. The quantitative estimate of drug-likeness (QED) is 0.185. The Morgan fingerprint density at radius 2 is 0.942 bits per heavy atom. The largest absolute Gasteiger partial charge is 0.309 e. The highest BCUT2D eigenvalue weighted by atomic mass is 32.1. The van der Waals surface area contributed by atoms with Crippen LogP contribution in [0, 0.1) is 0 Å². The summed E-state index contributed by atoms with van der Waals surface area (Å²) >= 11 is 1.77. The van der Waals surface area contributed by atoms with E-state index < -0.39 is 0 Å². The Balaban J connectivity index is 1.10. The molecule has 0 fully saturated rings. The van der Waals surface area contributed by atoms with Gasteiger partial charge in [-0.2, -0.15) is 0 Å². The minimum atomic E-state index is 0.722. The molecule has 3 nitrogen and oxygen atoms in total. The van der Waals surface area contributed by atoms with Crippen molar-refractivity contribution in [3.8, 4) is 39.5 Å². The van der Waals surface area contributed by atoms with Gasteiger partial charge < -0.3 is 4.57 Å². The molecular weight excluding hydrogens is 651 g/mol. The Hall–Kier alpha value is -6.62. The minimum absolute atomic E-state index is 0.722. The smallest absolute Gasteiger partial charge is 0.160 e. The van der Waals surface area contributed by atoms with Gasteiger partial charge in [0.2, 0.25) is 0 Å². The molecule has 0 radical (unpaired) electrons. The maximum atomic E-state index is 5.35. The Bertz CT molecular complexity index is 3130. The monoisotopic (exact) mass is 679 g/mol. The topological polar surface area (TPSA) is 30.7 Å². The van der Waals surface area contributed by atoms with Crippen LogP contribution >= 0.6 is 11.3 Å². The van der Waals surface area contributed by atoms with Gasteiger partial charge in [-0.1, -0.05) is 115 Å². The van der Waals surface area contributed by atoms with Crippen molar-refractivity contribution >= 4 is 75.0 Å². The lowest BCUT2D eigenvalue weighted by atomic mass is 10.00. The zero-order chi connectivity index (χ0) is 34.2. The Morgan fingerprint density at radius 1 is 0.404 bits per heavy atom. The van der Waals surface area contributed by atoms with Crippen molar-refractivity contribution in [3.05, 3.63) is 176 Å². The van der Waals surface area contributed by atoms with Crippen LogP contribution in [0.2, 0.25) is 0 Å². The zero-order valence-corrected chi connectivity index (χ0v) is 28.8. The average molecular weight is 680 g/mol. The standard InChI is InChI=1S/C48H29N3S/c1-3-11-33-27-35(19-17-30(33)9-1)36-23-26-44-41(29-36)46-47(52-44)45(37-20-18-31-10-2-4-12-34(31)28-37)49-48(50-46)32-21-24-38(25-22-32)51-42-15-7-5-13-39(42)40-14-6-8-16-43(40)51/h1-29H. The van der Waals surface area contributed by atoms with E-state index in [1.807, 2.05) is 0 Å². The predicted molar refractivity (Wildman–Crippen MR) is 221 cm³/mol. The van der Waals surface area contributed by atoms with Crippen LogP contribution in [-0.2, 0) is 0 Å². The molecule has 0 bridgehead atoms. The molecule has 0 atom stereocenters. The molecule has 52 heavy (non-hydrogen) atoms. The van der Waals surface area contributed by atoms with Gasteiger partial charge in [0.25, 0.3) is 0 Å². The van der Waals surface area contributed by atoms with Crippen molar-refractivity contribution < 1.29 is 0 Å². The fourth-order valence-corrected chi connectivity index (χ4v) is 8.95. The van der Waals surface area contributed by atoms with Crippen molar-refractivity contribution in [1.29, 1.82) is 0 Å². The average Bonchev–Trinajstić information content (AvgIpc) is 3.76. The van der Waals surface area contributed by atoms with Crippen molar-refractivity contribution in [2.75, 3.05) is 0 Å². The van der Waals surface area contributed by atoms with E-state index in [2.05, 4.69) is 180 Å². The summed E-state index contributed by atoms with van der Waals surface area (Å²) in [5.74, 6) is 0.722. The first kappa shape index (κ1) is 29.1. The molecule has 0 spiro atoms. The lowest BCUT2D eigenvalue weighted by Crippen LogP contribution is -1.96. The van der Waals surface area contributed by atoms with Crippen LogP contribution in [0.1, 0.15) is 0 Å². The second kappa shape index (κ2) is 11.5. The van der Waals surface area contributed by atoms with Gasteiger partial charge in [0.05, 0.1) is 26.9 Å². The lowest BCUT2D eigenvalue weighted by Gasteiger charge is -2.11. The van der Waals surface area contributed by atoms with Gasteiger partial charge in [-0.15, -0.1) is 11.3 Å². The molecule has 3 heterocycles. The minimum Gasteiger partial charge on any atom is -0.309 e. The first-order valence-corrected chi connectivity index (χ1v) is 18.4. The van der Waals surface area contributed by atoms with Crippen LogP contribution in [0.15, 0.2) is 176 Å². The Kier molecular flexibility index (Phi) is 6.42. The van der Waals surface area contributed by atoms with E-state index in [4.69, 9.17) is 9.97 Å². The van der Waals surface area contributed by atoms with Gasteiger partial charge in [-0.3, -0.25) is 0 Å². The van der Waals surface area contributed by atoms with Crippen molar-refractivity contribution in [1.82, 2.24) is 14.5 Å². The molecule has 11 rings (SSSR count). The maximum Gasteiger partial charge on any atom is 0.160 e. The van der Waals surface area contributed by atoms with E-state index >= 15 is 0 Å². The summed E-state index contributed by atoms with van der Waals surface area (Å²) in [5.41, 5.74) is 9.91. The zero-order valence-electron chi connectivity index (χ0n) is 28.0. The number of nitrogens with zero attached hydrogens (tertiary/aromatic N) is 3. The van der Waals surface area contributed by atoms with Gasteiger partial charge in [-0.05, 0) is 93.3 Å². The molecule has 11 aromatic rings. The van der Waals surface area contributed by atoms with Crippen LogP contribution in [0.3, 0.4) is 0 Å².